The third-order valence-electron chi connectivity index (χ3n) is 1.48. The number of rotatable bonds is 7. The minimum atomic E-state index is -0.231. The normalized spacial score (nSPS) is 9.00. The SMILES string of the molecule is [N-]=[N+]=NCC(=O)NCCCCCN. The van der Waals surface area contributed by atoms with Gasteiger partial charge in [0, 0.05) is 11.5 Å². The first-order valence-corrected chi connectivity index (χ1v) is 4.29. The number of azide groups is 1. The number of hydrogen-bond donors (Lipinski definition) is 2. The molecule has 6 heteroatoms. The van der Waals surface area contributed by atoms with Crippen molar-refractivity contribution in [3.8, 4) is 0 Å². The molecular formula is C7H15N5O. The van der Waals surface area contributed by atoms with Crippen molar-refractivity contribution in [1.82, 2.24) is 5.32 Å². The highest BCUT2D eigenvalue weighted by Crippen LogP contribution is 1.90. The molecule has 74 valence electrons. The standard InChI is InChI=1S/C7H15N5O/c8-4-2-1-3-5-10-7(13)6-11-12-9/h1-6,8H2,(H,10,13). The number of carbonyl (C=O) groups excluding carboxylic acids is 1. The maximum atomic E-state index is 10.8. The fourth-order valence-corrected chi connectivity index (χ4v) is 0.826. The first-order chi connectivity index (χ1) is 6.31. The van der Waals surface area contributed by atoms with Gasteiger partial charge in [-0.05, 0) is 24.9 Å². The Kier molecular flexibility index (Phi) is 7.98. The van der Waals surface area contributed by atoms with E-state index in [0.717, 1.165) is 19.3 Å². The number of nitrogens with two attached hydrogens (primary N) is 1. The molecule has 0 rings (SSSR count). The lowest BCUT2D eigenvalue weighted by Crippen LogP contribution is -2.26. The lowest BCUT2D eigenvalue weighted by atomic mass is 10.2. The molecule has 0 saturated heterocycles. The van der Waals surface area contributed by atoms with Crippen LogP contribution >= 0.6 is 0 Å². The third-order valence-corrected chi connectivity index (χ3v) is 1.48. The van der Waals surface area contributed by atoms with E-state index in [4.69, 9.17) is 11.3 Å². The number of unbranched alkanes of at least 4 members (excludes halogenated alkanes) is 2. The molecule has 0 aliphatic rings. The molecule has 0 aromatic carbocycles. The largest absolute Gasteiger partial charge is 0.356 e. The van der Waals surface area contributed by atoms with Crippen molar-refractivity contribution in [3.63, 3.8) is 0 Å². The summed E-state index contributed by atoms with van der Waals surface area (Å²) >= 11 is 0. The number of nitrogens with zero attached hydrogens (tertiary/aromatic N) is 3. The number of carbonyl (C=O) groups is 1. The molecule has 0 bridgehead atoms. The van der Waals surface area contributed by atoms with E-state index in [1.165, 1.54) is 0 Å². The van der Waals surface area contributed by atoms with E-state index >= 15 is 0 Å². The summed E-state index contributed by atoms with van der Waals surface area (Å²) in [4.78, 5) is 13.3. The van der Waals surface area contributed by atoms with Gasteiger partial charge >= 0.3 is 0 Å². The first kappa shape index (κ1) is 11.7. The zero-order valence-electron chi connectivity index (χ0n) is 7.57. The van der Waals surface area contributed by atoms with Crippen LogP contribution in [0.3, 0.4) is 0 Å². The molecule has 0 atom stereocenters. The fourth-order valence-electron chi connectivity index (χ4n) is 0.826. The van der Waals surface area contributed by atoms with E-state index in [-0.39, 0.29) is 12.5 Å². The van der Waals surface area contributed by atoms with Crippen molar-refractivity contribution in [1.29, 1.82) is 0 Å². The van der Waals surface area contributed by atoms with Gasteiger partial charge in [-0.15, -0.1) is 0 Å². The van der Waals surface area contributed by atoms with Gasteiger partial charge in [-0.25, -0.2) is 0 Å². The molecule has 0 radical (unpaired) electrons. The van der Waals surface area contributed by atoms with E-state index in [0.29, 0.717) is 13.1 Å². The Hall–Kier alpha value is -1.26. The minimum absolute atomic E-state index is 0.118. The van der Waals surface area contributed by atoms with Crippen LogP contribution in [0.25, 0.3) is 10.4 Å². The Morgan fingerprint density at radius 3 is 2.85 bits per heavy atom. The molecule has 0 heterocycles. The lowest BCUT2D eigenvalue weighted by molar-refractivity contribution is -0.119. The Morgan fingerprint density at radius 2 is 2.23 bits per heavy atom. The van der Waals surface area contributed by atoms with Crippen LogP contribution in [-0.2, 0) is 4.79 Å². The zero-order chi connectivity index (χ0) is 9.94. The smallest absolute Gasteiger partial charge is 0.225 e. The van der Waals surface area contributed by atoms with Gasteiger partial charge < -0.3 is 11.1 Å². The quantitative estimate of drug-likeness (QED) is 0.261. The molecule has 6 nitrogen and oxygen atoms in total. The minimum Gasteiger partial charge on any atom is -0.356 e. The molecule has 0 spiro atoms. The summed E-state index contributed by atoms with van der Waals surface area (Å²) in [7, 11) is 0. The predicted octanol–water partition coefficient (Wildman–Crippen LogP) is 0.542. The van der Waals surface area contributed by atoms with Crippen molar-refractivity contribution in [3.05, 3.63) is 10.4 Å². The van der Waals surface area contributed by atoms with Crippen molar-refractivity contribution in [2.75, 3.05) is 19.6 Å². The first-order valence-electron chi connectivity index (χ1n) is 4.29. The maximum absolute atomic E-state index is 10.8. The van der Waals surface area contributed by atoms with Crippen LogP contribution in [0.5, 0.6) is 0 Å². The predicted molar refractivity (Wildman–Crippen MR) is 49.9 cm³/mol. The van der Waals surface area contributed by atoms with E-state index in [1.54, 1.807) is 0 Å². The van der Waals surface area contributed by atoms with Crippen LogP contribution in [0.4, 0.5) is 0 Å². The molecule has 1 amide bonds. The molecule has 0 aromatic rings. The summed E-state index contributed by atoms with van der Waals surface area (Å²) in [6.07, 6.45) is 2.91. The van der Waals surface area contributed by atoms with Crippen LogP contribution in [0.2, 0.25) is 0 Å². The molecule has 0 aliphatic carbocycles. The van der Waals surface area contributed by atoms with Crippen LogP contribution in [0.1, 0.15) is 19.3 Å². The van der Waals surface area contributed by atoms with Gasteiger partial charge in [-0.2, -0.15) is 0 Å². The summed E-state index contributed by atoms with van der Waals surface area (Å²) < 4.78 is 0. The highest BCUT2D eigenvalue weighted by Gasteiger charge is 1.96. The number of amides is 1. The summed E-state index contributed by atoms with van der Waals surface area (Å²) in [6.45, 7) is 1.19. The highest BCUT2D eigenvalue weighted by atomic mass is 16.1. The molecule has 0 aromatic heterocycles. The van der Waals surface area contributed by atoms with Gasteiger partial charge in [-0.1, -0.05) is 11.5 Å². The second-order valence-electron chi connectivity index (χ2n) is 2.59. The van der Waals surface area contributed by atoms with Gasteiger partial charge in [0.1, 0.15) is 6.54 Å². The van der Waals surface area contributed by atoms with Gasteiger partial charge in [-0.3, -0.25) is 4.79 Å². The topological polar surface area (TPSA) is 104 Å². The number of hydrogen-bond acceptors (Lipinski definition) is 3. The zero-order valence-corrected chi connectivity index (χ0v) is 7.57. The van der Waals surface area contributed by atoms with Crippen LogP contribution in [-0.4, -0.2) is 25.5 Å². The average Bonchev–Trinajstić information content (AvgIpc) is 2.14. The lowest BCUT2D eigenvalue weighted by Gasteiger charge is -2.01. The number of nitrogens with one attached hydrogen (secondary N) is 1. The molecule has 0 aliphatic heterocycles. The maximum Gasteiger partial charge on any atom is 0.225 e. The Bertz CT molecular complexity index is 187. The van der Waals surface area contributed by atoms with Crippen LogP contribution in [0.15, 0.2) is 5.11 Å². The Morgan fingerprint density at radius 1 is 1.46 bits per heavy atom. The van der Waals surface area contributed by atoms with Gasteiger partial charge in [0.15, 0.2) is 0 Å². The molecule has 0 unspecified atom stereocenters. The highest BCUT2D eigenvalue weighted by molar-refractivity contribution is 5.77. The monoisotopic (exact) mass is 185 g/mol. The third kappa shape index (κ3) is 8.65. The Labute approximate surface area is 77.1 Å². The van der Waals surface area contributed by atoms with Gasteiger partial charge in [0.25, 0.3) is 0 Å². The van der Waals surface area contributed by atoms with Crippen molar-refractivity contribution < 1.29 is 4.79 Å². The van der Waals surface area contributed by atoms with Crippen molar-refractivity contribution >= 4 is 5.91 Å². The Balaban J connectivity index is 3.21. The van der Waals surface area contributed by atoms with Crippen LogP contribution in [0, 0.1) is 0 Å². The second-order valence-corrected chi connectivity index (χ2v) is 2.59. The average molecular weight is 185 g/mol. The van der Waals surface area contributed by atoms with E-state index in [9.17, 15) is 4.79 Å². The van der Waals surface area contributed by atoms with Crippen LogP contribution < -0.4 is 11.1 Å². The molecule has 13 heavy (non-hydrogen) atoms. The summed E-state index contributed by atoms with van der Waals surface area (Å²) in [5.41, 5.74) is 13.2. The fraction of sp³-hybridized carbons (Fsp3) is 0.857. The van der Waals surface area contributed by atoms with Crippen molar-refractivity contribution in [2.45, 2.75) is 19.3 Å². The molecular weight excluding hydrogens is 170 g/mol. The van der Waals surface area contributed by atoms with E-state index in [2.05, 4.69) is 15.3 Å². The summed E-state index contributed by atoms with van der Waals surface area (Å²) in [5, 5.41) is 5.77. The van der Waals surface area contributed by atoms with Gasteiger partial charge in [0.05, 0.1) is 0 Å². The summed E-state index contributed by atoms with van der Waals surface area (Å²) in [6, 6.07) is 0. The summed E-state index contributed by atoms with van der Waals surface area (Å²) in [5.74, 6) is -0.231. The van der Waals surface area contributed by atoms with Gasteiger partial charge in [0.2, 0.25) is 5.91 Å². The molecule has 0 saturated carbocycles. The second kappa shape index (κ2) is 8.83. The van der Waals surface area contributed by atoms with Crippen molar-refractivity contribution in [2.24, 2.45) is 10.8 Å². The molecule has 0 fully saturated rings. The van der Waals surface area contributed by atoms with E-state index < -0.39 is 0 Å². The van der Waals surface area contributed by atoms with E-state index in [1.807, 2.05) is 0 Å². The molecule has 3 N–H and O–H groups in total.